The molecule has 2 atom stereocenters. The molecule has 0 bridgehead atoms. The van der Waals surface area contributed by atoms with Crippen molar-refractivity contribution >= 4 is 5.97 Å². The van der Waals surface area contributed by atoms with Crippen molar-refractivity contribution in [3.05, 3.63) is 29.1 Å². The summed E-state index contributed by atoms with van der Waals surface area (Å²) in [5, 5.41) is 0. The van der Waals surface area contributed by atoms with Gasteiger partial charge >= 0.3 is 5.97 Å². The van der Waals surface area contributed by atoms with Crippen molar-refractivity contribution in [2.75, 3.05) is 0 Å². The van der Waals surface area contributed by atoms with Crippen molar-refractivity contribution in [1.82, 2.24) is 0 Å². The zero-order valence-electron chi connectivity index (χ0n) is 15.2. The van der Waals surface area contributed by atoms with E-state index in [0.29, 0.717) is 12.8 Å². The molecular formula is C18H23F5O2. The zero-order chi connectivity index (χ0) is 19.7. The third-order valence-corrected chi connectivity index (χ3v) is 4.43. The molecule has 25 heavy (non-hydrogen) atoms. The predicted molar refractivity (Wildman–Crippen MR) is 83.5 cm³/mol. The van der Waals surface area contributed by atoms with Gasteiger partial charge in [-0.2, -0.15) is 8.78 Å². The SMILES string of the molecule is CCC(C)C(C)(CC(C)(C)C)C(=O)Oc1c(F)c(F)c(F)c(F)c1F. The molecule has 1 aromatic rings. The molecule has 7 heteroatoms. The molecule has 0 aliphatic rings. The minimum atomic E-state index is -2.30. The molecule has 142 valence electrons. The van der Waals surface area contributed by atoms with E-state index in [1.54, 1.807) is 13.8 Å². The number of carbonyl (C=O) groups is 1. The van der Waals surface area contributed by atoms with Gasteiger partial charge in [0.25, 0.3) is 0 Å². The number of hydrogen-bond acceptors (Lipinski definition) is 2. The molecule has 1 aromatic carbocycles. The Bertz CT molecular complexity index is 637. The monoisotopic (exact) mass is 366 g/mol. The number of ether oxygens (including phenoxy) is 1. The lowest BCUT2D eigenvalue weighted by atomic mass is 9.67. The maximum atomic E-state index is 13.8. The van der Waals surface area contributed by atoms with Gasteiger partial charge in [-0.15, -0.1) is 0 Å². The number of benzene rings is 1. The fourth-order valence-electron chi connectivity index (χ4n) is 2.88. The van der Waals surface area contributed by atoms with Crippen LogP contribution in [0.1, 0.15) is 54.4 Å². The van der Waals surface area contributed by atoms with Gasteiger partial charge in [0, 0.05) is 0 Å². The topological polar surface area (TPSA) is 26.3 Å². The van der Waals surface area contributed by atoms with Crippen LogP contribution in [-0.4, -0.2) is 5.97 Å². The van der Waals surface area contributed by atoms with E-state index < -0.39 is 46.2 Å². The minimum Gasteiger partial charge on any atom is -0.420 e. The Morgan fingerprint density at radius 3 is 1.68 bits per heavy atom. The maximum absolute atomic E-state index is 13.8. The Hall–Kier alpha value is -1.66. The van der Waals surface area contributed by atoms with Crippen LogP contribution in [0.2, 0.25) is 0 Å². The second-order valence-electron chi connectivity index (χ2n) is 7.75. The number of carbonyl (C=O) groups excluding carboxylic acids is 1. The lowest BCUT2D eigenvalue weighted by Gasteiger charge is -2.37. The van der Waals surface area contributed by atoms with Crippen molar-refractivity contribution in [2.45, 2.75) is 54.4 Å². The molecule has 2 unspecified atom stereocenters. The first-order valence-corrected chi connectivity index (χ1v) is 8.00. The van der Waals surface area contributed by atoms with E-state index in [2.05, 4.69) is 0 Å². The summed E-state index contributed by atoms with van der Waals surface area (Å²) in [5.74, 6) is -13.7. The van der Waals surface area contributed by atoms with Gasteiger partial charge < -0.3 is 4.74 Å². The second-order valence-corrected chi connectivity index (χ2v) is 7.75. The fourth-order valence-corrected chi connectivity index (χ4v) is 2.88. The Kier molecular flexibility index (Phi) is 6.24. The van der Waals surface area contributed by atoms with Crippen molar-refractivity contribution in [3.63, 3.8) is 0 Å². The van der Waals surface area contributed by atoms with E-state index >= 15 is 0 Å². The highest BCUT2D eigenvalue weighted by molar-refractivity contribution is 5.79. The zero-order valence-corrected chi connectivity index (χ0v) is 15.2. The molecule has 0 heterocycles. The summed E-state index contributed by atoms with van der Waals surface area (Å²) in [4.78, 5) is 12.6. The molecule has 0 aromatic heterocycles. The molecule has 0 aliphatic heterocycles. The van der Waals surface area contributed by atoms with Crippen LogP contribution in [0, 0.1) is 45.8 Å². The lowest BCUT2D eigenvalue weighted by molar-refractivity contribution is -0.150. The normalized spacial score (nSPS) is 15.6. The molecule has 2 nitrogen and oxygen atoms in total. The number of hydrogen-bond donors (Lipinski definition) is 0. The highest BCUT2D eigenvalue weighted by atomic mass is 19.2. The van der Waals surface area contributed by atoms with Crippen molar-refractivity contribution in [2.24, 2.45) is 16.7 Å². The number of rotatable bonds is 5. The van der Waals surface area contributed by atoms with Crippen LogP contribution in [0.3, 0.4) is 0 Å². The highest BCUT2D eigenvalue weighted by Crippen LogP contribution is 2.42. The maximum Gasteiger partial charge on any atom is 0.317 e. The van der Waals surface area contributed by atoms with E-state index in [-0.39, 0.29) is 11.3 Å². The van der Waals surface area contributed by atoms with Crippen molar-refractivity contribution in [1.29, 1.82) is 0 Å². The Balaban J connectivity index is 3.35. The standard InChI is InChI=1S/C18H23F5O2/c1-7-9(2)18(6,8-17(3,4)5)16(24)25-15-13(22)11(20)10(19)12(21)14(15)23/h9H,7-8H2,1-6H3. The summed E-state index contributed by atoms with van der Waals surface area (Å²) in [5.41, 5.74) is -1.49. The molecule has 0 fully saturated rings. The van der Waals surface area contributed by atoms with Crippen LogP contribution in [0.15, 0.2) is 0 Å². The quantitative estimate of drug-likeness (QED) is 0.217. The summed E-state index contributed by atoms with van der Waals surface area (Å²) in [6, 6.07) is 0. The fraction of sp³-hybridized carbons (Fsp3) is 0.611. The first-order chi connectivity index (χ1) is 11.3. The van der Waals surface area contributed by atoms with Gasteiger partial charge in [-0.3, -0.25) is 4.79 Å². The van der Waals surface area contributed by atoms with Crippen LogP contribution in [0.4, 0.5) is 22.0 Å². The number of esters is 1. The summed E-state index contributed by atoms with van der Waals surface area (Å²) in [6.45, 7) is 10.8. The van der Waals surface area contributed by atoms with E-state index in [1.807, 2.05) is 27.7 Å². The summed E-state index contributed by atoms with van der Waals surface area (Å²) >= 11 is 0. The van der Waals surface area contributed by atoms with Crippen LogP contribution in [0.5, 0.6) is 5.75 Å². The van der Waals surface area contributed by atoms with Gasteiger partial charge in [0.2, 0.25) is 34.8 Å². The van der Waals surface area contributed by atoms with E-state index in [9.17, 15) is 26.7 Å². The largest absolute Gasteiger partial charge is 0.420 e. The third-order valence-electron chi connectivity index (χ3n) is 4.43. The van der Waals surface area contributed by atoms with E-state index in [0.717, 1.165) is 0 Å². The van der Waals surface area contributed by atoms with Crippen LogP contribution >= 0.6 is 0 Å². The van der Waals surface area contributed by atoms with Gasteiger partial charge in [-0.25, -0.2) is 13.2 Å². The lowest BCUT2D eigenvalue weighted by Crippen LogP contribution is -2.41. The van der Waals surface area contributed by atoms with Gasteiger partial charge in [0.1, 0.15) is 0 Å². The Morgan fingerprint density at radius 1 is 0.920 bits per heavy atom. The molecule has 0 spiro atoms. The van der Waals surface area contributed by atoms with Gasteiger partial charge in [-0.05, 0) is 24.7 Å². The van der Waals surface area contributed by atoms with E-state index in [1.165, 1.54) is 0 Å². The predicted octanol–water partition coefficient (Wildman–Crippen LogP) is 5.78. The van der Waals surface area contributed by atoms with Crippen molar-refractivity contribution in [3.8, 4) is 5.75 Å². The van der Waals surface area contributed by atoms with Gasteiger partial charge in [0.15, 0.2) is 0 Å². The molecule has 0 saturated heterocycles. The van der Waals surface area contributed by atoms with Crippen LogP contribution in [0.25, 0.3) is 0 Å². The molecule has 0 N–H and O–H groups in total. The molecular weight excluding hydrogens is 343 g/mol. The molecule has 0 amide bonds. The number of halogens is 5. The van der Waals surface area contributed by atoms with E-state index in [4.69, 9.17) is 4.74 Å². The summed E-state index contributed by atoms with van der Waals surface area (Å²) in [7, 11) is 0. The van der Waals surface area contributed by atoms with Crippen LogP contribution in [-0.2, 0) is 4.79 Å². The van der Waals surface area contributed by atoms with Gasteiger partial charge in [0.05, 0.1) is 5.41 Å². The molecule has 0 aliphatic carbocycles. The summed E-state index contributed by atoms with van der Waals surface area (Å²) in [6.07, 6.45) is 0.877. The third kappa shape index (κ3) is 4.30. The minimum absolute atomic E-state index is 0.236. The molecule has 1 rings (SSSR count). The van der Waals surface area contributed by atoms with Crippen molar-refractivity contribution < 1.29 is 31.5 Å². The molecule has 0 radical (unpaired) electrons. The first kappa shape index (κ1) is 21.4. The average Bonchev–Trinajstić information content (AvgIpc) is 2.52. The highest BCUT2D eigenvalue weighted by Gasteiger charge is 2.44. The second kappa shape index (κ2) is 7.30. The first-order valence-electron chi connectivity index (χ1n) is 8.00. The smallest absolute Gasteiger partial charge is 0.317 e. The van der Waals surface area contributed by atoms with Gasteiger partial charge in [-0.1, -0.05) is 41.0 Å². The summed E-state index contributed by atoms with van der Waals surface area (Å²) < 4.78 is 71.9. The average molecular weight is 366 g/mol. The Labute approximate surface area is 144 Å². The van der Waals surface area contributed by atoms with Crippen LogP contribution < -0.4 is 4.74 Å². The molecule has 0 saturated carbocycles. The Morgan fingerprint density at radius 2 is 1.32 bits per heavy atom.